The fourth-order valence-corrected chi connectivity index (χ4v) is 0.990. The zero-order chi connectivity index (χ0) is 8.27. The minimum atomic E-state index is 0. The summed E-state index contributed by atoms with van der Waals surface area (Å²) < 4.78 is 0. The van der Waals surface area contributed by atoms with Crippen molar-refractivity contribution in [1.82, 2.24) is 0 Å². The number of rotatable bonds is 2. The smallest absolute Gasteiger partial charge is 0.0345 e. The zero-order valence-corrected chi connectivity index (χ0v) is 8.24. The van der Waals surface area contributed by atoms with Gasteiger partial charge in [0.2, 0.25) is 0 Å². The molecule has 0 atom stereocenters. The number of hydrogen-bond donors (Lipinski definition) is 2. The summed E-state index contributed by atoms with van der Waals surface area (Å²) in [4.78, 5) is 0. The Hall–Kier alpha value is -0.890. The highest BCUT2D eigenvalue weighted by Crippen LogP contribution is 2.15. The largest absolute Gasteiger partial charge is 0.399 e. The Bertz CT molecular complexity index is 248. The monoisotopic (exact) mass is 186 g/mol. The SMILES string of the molecule is CCNc1ccc(N)c(C)c1.Cl. The van der Waals surface area contributed by atoms with Crippen molar-refractivity contribution < 1.29 is 0 Å². The van der Waals surface area contributed by atoms with Gasteiger partial charge in [-0.2, -0.15) is 0 Å². The van der Waals surface area contributed by atoms with Gasteiger partial charge in [-0.3, -0.25) is 0 Å². The highest BCUT2D eigenvalue weighted by atomic mass is 35.5. The van der Waals surface area contributed by atoms with Crippen LogP contribution in [0.1, 0.15) is 12.5 Å². The van der Waals surface area contributed by atoms with Crippen molar-refractivity contribution in [3.63, 3.8) is 0 Å². The maximum absolute atomic E-state index is 5.66. The Kier molecular flexibility index (Phi) is 4.52. The first kappa shape index (κ1) is 11.1. The molecule has 1 aromatic carbocycles. The summed E-state index contributed by atoms with van der Waals surface area (Å²) in [7, 11) is 0. The summed E-state index contributed by atoms with van der Waals surface area (Å²) in [6, 6.07) is 5.97. The molecule has 1 rings (SSSR count). The average molecular weight is 187 g/mol. The molecule has 0 heterocycles. The fraction of sp³-hybridized carbons (Fsp3) is 0.333. The van der Waals surface area contributed by atoms with Gasteiger partial charge in [0.1, 0.15) is 0 Å². The van der Waals surface area contributed by atoms with Crippen LogP contribution >= 0.6 is 12.4 Å². The molecule has 0 spiro atoms. The van der Waals surface area contributed by atoms with Gasteiger partial charge in [-0.25, -0.2) is 0 Å². The predicted molar refractivity (Wildman–Crippen MR) is 57.0 cm³/mol. The molecule has 2 nitrogen and oxygen atoms in total. The molecule has 3 N–H and O–H groups in total. The molecule has 0 amide bonds. The van der Waals surface area contributed by atoms with Crippen molar-refractivity contribution >= 4 is 23.8 Å². The van der Waals surface area contributed by atoms with E-state index in [1.807, 2.05) is 19.1 Å². The minimum absolute atomic E-state index is 0. The number of nitrogen functional groups attached to an aromatic ring is 1. The maximum Gasteiger partial charge on any atom is 0.0345 e. The normalized spacial score (nSPS) is 8.83. The number of nitrogens with one attached hydrogen (secondary N) is 1. The lowest BCUT2D eigenvalue weighted by Crippen LogP contribution is -1.97. The molecule has 68 valence electrons. The molecule has 0 saturated carbocycles. The molecule has 0 aliphatic carbocycles. The zero-order valence-electron chi connectivity index (χ0n) is 7.42. The van der Waals surface area contributed by atoms with Gasteiger partial charge in [0, 0.05) is 17.9 Å². The Labute approximate surface area is 79.6 Å². The molecule has 0 fully saturated rings. The lowest BCUT2D eigenvalue weighted by molar-refractivity contribution is 1.21. The van der Waals surface area contributed by atoms with Crippen LogP contribution < -0.4 is 11.1 Å². The first-order valence-electron chi connectivity index (χ1n) is 3.84. The van der Waals surface area contributed by atoms with E-state index in [1.54, 1.807) is 0 Å². The minimum Gasteiger partial charge on any atom is -0.399 e. The van der Waals surface area contributed by atoms with Crippen LogP contribution in [0.5, 0.6) is 0 Å². The molecule has 0 aliphatic rings. The van der Waals surface area contributed by atoms with Crippen molar-refractivity contribution in [3.8, 4) is 0 Å². The van der Waals surface area contributed by atoms with Crippen LogP contribution in [0.4, 0.5) is 11.4 Å². The molecule has 0 saturated heterocycles. The summed E-state index contributed by atoms with van der Waals surface area (Å²) in [5.74, 6) is 0. The predicted octanol–water partition coefficient (Wildman–Crippen LogP) is 2.43. The van der Waals surface area contributed by atoms with Crippen LogP contribution in [-0.4, -0.2) is 6.54 Å². The van der Waals surface area contributed by atoms with Gasteiger partial charge in [-0.05, 0) is 37.6 Å². The second-order valence-corrected chi connectivity index (χ2v) is 2.60. The van der Waals surface area contributed by atoms with Gasteiger partial charge < -0.3 is 11.1 Å². The Morgan fingerprint density at radius 2 is 2.08 bits per heavy atom. The fourth-order valence-electron chi connectivity index (χ4n) is 0.990. The van der Waals surface area contributed by atoms with E-state index < -0.39 is 0 Å². The van der Waals surface area contributed by atoms with Gasteiger partial charge in [-0.1, -0.05) is 0 Å². The first-order chi connectivity index (χ1) is 5.24. The number of hydrogen-bond acceptors (Lipinski definition) is 2. The third kappa shape index (κ3) is 2.62. The molecule has 0 aromatic heterocycles. The van der Waals surface area contributed by atoms with E-state index in [0.29, 0.717) is 0 Å². The van der Waals surface area contributed by atoms with Crippen molar-refractivity contribution in [2.24, 2.45) is 0 Å². The summed E-state index contributed by atoms with van der Waals surface area (Å²) in [6.07, 6.45) is 0. The van der Waals surface area contributed by atoms with Crippen LogP contribution in [0.15, 0.2) is 18.2 Å². The molecule has 0 aliphatic heterocycles. The molecule has 3 heteroatoms. The van der Waals surface area contributed by atoms with E-state index in [2.05, 4.69) is 18.3 Å². The Balaban J connectivity index is 0.00000121. The van der Waals surface area contributed by atoms with Crippen LogP contribution in [0.2, 0.25) is 0 Å². The van der Waals surface area contributed by atoms with Crippen molar-refractivity contribution in [2.45, 2.75) is 13.8 Å². The van der Waals surface area contributed by atoms with E-state index in [9.17, 15) is 0 Å². The van der Waals surface area contributed by atoms with E-state index in [1.165, 1.54) is 0 Å². The van der Waals surface area contributed by atoms with E-state index in [-0.39, 0.29) is 12.4 Å². The van der Waals surface area contributed by atoms with Gasteiger partial charge >= 0.3 is 0 Å². The second-order valence-electron chi connectivity index (χ2n) is 2.60. The van der Waals surface area contributed by atoms with Crippen LogP contribution in [-0.2, 0) is 0 Å². The third-order valence-corrected chi connectivity index (χ3v) is 1.65. The molecular formula is C9H15ClN2. The average Bonchev–Trinajstić information content (AvgIpc) is 1.98. The highest BCUT2D eigenvalue weighted by molar-refractivity contribution is 5.85. The van der Waals surface area contributed by atoms with E-state index in [4.69, 9.17) is 5.73 Å². The Morgan fingerprint density at radius 3 is 2.58 bits per heavy atom. The lowest BCUT2D eigenvalue weighted by Gasteiger charge is -2.05. The van der Waals surface area contributed by atoms with Gasteiger partial charge in [-0.15, -0.1) is 12.4 Å². The summed E-state index contributed by atoms with van der Waals surface area (Å²) >= 11 is 0. The van der Waals surface area contributed by atoms with Gasteiger partial charge in [0.15, 0.2) is 0 Å². The van der Waals surface area contributed by atoms with Crippen molar-refractivity contribution in [2.75, 3.05) is 17.6 Å². The van der Waals surface area contributed by atoms with Crippen molar-refractivity contribution in [1.29, 1.82) is 0 Å². The number of benzene rings is 1. The molecule has 1 aromatic rings. The van der Waals surface area contributed by atoms with E-state index >= 15 is 0 Å². The summed E-state index contributed by atoms with van der Waals surface area (Å²) in [5, 5.41) is 3.22. The summed E-state index contributed by atoms with van der Waals surface area (Å²) in [5.41, 5.74) is 8.78. The second kappa shape index (κ2) is 4.88. The highest BCUT2D eigenvalue weighted by Gasteiger charge is 1.93. The lowest BCUT2D eigenvalue weighted by atomic mass is 10.2. The summed E-state index contributed by atoms with van der Waals surface area (Å²) in [6.45, 7) is 5.03. The third-order valence-electron chi connectivity index (χ3n) is 1.65. The number of nitrogens with two attached hydrogens (primary N) is 1. The number of anilines is 2. The van der Waals surface area contributed by atoms with E-state index in [0.717, 1.165) is 23.5 Å². The van der Waals surface area contributed by atoms with Crippen LogP contribution in [0.25, 0.3) is 0 Å². The Morgan fingerprint density at radius 1 is 1.42 bits per heavy atom. The van der Waals surface area contributed by atoms with Gasteiger partial charge in [0.05, 0.1) is 0 Å². The first-order valence-corrected chi connectivity index (χ1v) is 3.84. The molecule has 12 heavy (non-hydrogen) atoms. The number of aryl methyl sites for hydroxylation is 1. The van der Waals surface area contributed by atoms with Crippen LogP contribution in [0, 0.1) is 6.92 Å². The topological polar surface area (TPSA) is 38.0 Å². The maximum atomic E-state index is 5.66. The van der Waals surface area contributed by atoms with Crippen LogP contribution in [0.3, 0.4) is 0 Å². The number of halogens is 1. The molecule has 0 bridgehead atoms. The van der Waals surface area contributed by atoms with Gasteiger partial charge in [0.25, 0.3) is 0 Å². The standard InChI is InChI=1S/C9H14N2.ClH/c1-3-11-8-4-5-9(10)7(2)6-8;/h4-6,11H,3,10H2,1-2H3;1H. The van der Waals surface area contributed by atoms with Crippen molar-refractivity contribution in [3.05, 3.63) is 23.8 Å². The molecular weight excluding hydrogens is 172 g/mol. The molecule has 0 unspecified atom stereocenters. The molecule has 0 radical (unpaired) electrons. The quantitative estimate of drug-likeness (QED) is 0.697.